The van der Waals surface area contributed by atoms with Crippen molar-refractivity contribution in [3.05, 3.63) is 39.8 Å². The smallest absolute Gasteiger partial charge is 0.263 e. The number of likely N-dealkylation sites (tertiary alicyclic amines) is 1. The number of rotatable bonds is 7. The molecule has 25 heavy (non-hydrogen) atoms. The van der Waals surface area contributed by atoms with E-state index in [1.807, 2.05) is 12.1 Å². The highest BCUT2D eigenvalue weighted by Crippen LogP contribution is 2.23. The van der Waals surface area contributed by atoms with Crippen LogP contribution in [0.2, 0.25) is 0 Å². The number of hydrogen-bond donors (Lipinski definition) is 1. The molecule has 6 nitrogen and oxygen atoms in total. The molecule has 3 rings (SSSR count). The number of methoxy groups -OCH3 is 2. The van der Waals surface area contributed by atoms with Crippen LogP contribution in [-0.2, 0) is 13.1 Å². The summed E-state index contributed by atoms with van der Waals surface area (Å²) in [6.07, 6.45) is 4.17. The molecule has 0 aliphatic carbocycles. The average Bonchev–Trinajstić information content (AvgIpc) is 3.31. The van der Waals surface area contributed by atoms with Crippen LogP contribution in [0, 0.1) is 0 Å². The second-order valence-corrected chi connectivity index (χ2v) is 7.12. The first-order valence-electron chi connectivity index (χ1n) is 8.35. The molecule has 0 radical (unpaired) electrons. The van der Waals surface area contributed by atoms with Gasteiger partial charge in [0, 0.05) is 12.6 Å². The van der Waals surface area contributed by atoms with Crippen molar-refractivity contribution in [3.63, 3.8) is 0 Å². The second-order valence-electron chi connectivity index (χ2n) is 6.01. The number of benzene rings is 1. The molecule has 0 saturated carbocycles. The van der Waals surface area contributed by atoms with Gasteiger partial charge in [-0.3, -0.25) is 9.69 Å². The number of carbonyl (C=O) groups excluding carboxylic acids is 1. The maximum Gasteiger partial charge on any atom is 0.263 e. The minimum absolute atomic E-state index is 0.105. The molecule has 0 atom stereocenters. The Bertz CT molecular complexity index is 704. The lowest BCUT2D eigenvalue weighted by Crippen LogP contribution is -2.21. The Balaban J connectivity index is 1.58. The molecule has 0 spiro atoms. The van der Waals surface area contributed by atoms with Gasteiger partial charge in [-0.15, -0.1) is 11.3 Å². The maximum atomic E-state index is 12.4. The highest BCUT2D eigenvalue weighted by atomic mass is 32.1. The molecular formula is C18H23N3O3S. The summed E-state index contributed by atoms with van der Waals surface area (Å²) in [5.74, 6) is 1.30. The first kappa shape index (κ1) is 17.7. The highest BCUT2D eigenvalue weighted by molar-refractivity contribution is 7.13. The summed E-state index contributed by atoms with van der Waals surface area (Å²) < 4.78 is 10.5. The van der Waals surface area contributed by atoms with Crippen LogP contribution in [0.4, 0.5) is 0 Å². The Morgan fingerprint density at radius 2 is 1.88 bits per heavy atom. The van der Waals surface area contributed by atoms with E-state index >= 15 is 0 Å². The molecule has 0 bridgehead atoms. The number of amides is 1. The summed E-state index contributed by atoms with van der Waals surface area (Å²) in [5.41, 5.74) is 0.923. The van der Waals surface area contributed by atoms with E-state index in [4.69, 9.17) is 9.47 Å². The quantitative estimate of drug-likeness (QED) is 0.821. The zero-order valence-corrected chi connectivity index (χ0v) is 15.4. The third kappa shape index (κ3) is 4.70. The fraction of sp³-hybridized carbons (Fsp3) is 0.444. The standard InChI is InChI=1S/C18H23N3O3S/c1-23-14-7-13(8-15(9-14)24-2)10-20-18(22)16-11-19-17(25-16)12-21-5-3-4-6-21/h7-9,11H,3-6,10,12H2,1-2H3,(H,20,22). The molecule has 2 aromatic rings. The average molecular weight is 361 g/mol. The summed E-state index contributed by atoms with van der Waals surface area (Å²) in [6.45, 7) is 3.49. The number of carbonyl (C=O) groups is 1. The van der Waals surface area contributed by atoms with E-state index in [0.29, 0.717) is 22.9 Å². The Hall–Kier alpha value is -2.12. The summed E-state index contributed by atoms with van der Waals surface area (Å²) in [4.78, 5) is 19.8. The summed E-state index contributed by atoms with van der Waals surface area (Å²) in [5, 5.41) is 3.93. The normalized spacial score (nSPS) is 14.5. The fourth-order valence-corrected chi connectivity index (χ4v) is 3.73. The van der Waals surface area contributed by atoms with Gasteiger partial charge in [-0.25, -0.2) is 4.98 Å². The van der Waals surface area contributed by atoms with Gasteiger partial charge in [-0.1, -0.05) is 0 Å². The molecule has 1 amide bonds. The number of nitrogens with zero attached hydrogens (tertiary/aromatic N) is 2. The van der Waals surface area contributed by atoms with Gasteiger partial charge in [0.15, 0.2) is 0 Å². The van der Waals surface area contributed by atoms with E-state index in [1.165, 1.54) is 24.2 Å². The van der Waals surface area contributed by atoms with Crippen molar-refractivity contribution >= 4 is 17.2 Å². The Labute approximate surface area is 151 Å². The highest BCUT2D eigenvalue weighted by Gasteiger charge is 2.16. The van der Waals surface area contributed by atoms with E-state index in [2.05, 4.69) is 15.2 Å². The summed E-state index contributed by atoms with van der Waals surface area (Å²) in [6, 6.07) is 5.57. The number of nitrogens with one attached hydrogen (secondary N) is 1. The van der Waals surface area contributed by atoms with Crippen molar-refractivity contribution in [2.45, 2.75) is 25.9 Å². The van der Waals surface area contributed by atoms with Crippen LogP contribution >= 0.6 is 11.3 Å². The van der Waals surface area contributed by atoms with Crippen molar-refractivity contribution in [1.82, 2.24) is 15.2 Å². The predicted octanol–water partition coefficient (Wildman–Crippen LogP) is 2.69. The van der Waals surface area contributed by atoms with E-state index < -0.39 is 0 Å². The Morgan fingerprint density at radius 3 is 2.52 bits per heavy atom. The molecule has 1 N–H and O–H groups in total. The summed E-state index contributed by atoms with van der Waals surface area (Å²) in [7, 11) is 3.21. The lowest BCUT2D eigenvalue weighted by Gasteiger charge is -2.11. The first-order valence-corrected chi connectivity index (χ1v) is 9.17. The second kappa shape index (κ2) is 8.31. The number of ether oxygens (including phenoxy) is 2. The SMILES string of the molecule is COc1cc(CNC(=O)c2cnc(CN3CCCC3)s2)cc(OC)c1. The zero-order valence-electron chi connectivity index (χ0n) is 14.6. The van der Waals surface area contributed by atoms with Crippen LogP contribution in [0.15, 0.2) is 24.4 Å². The van der Waals surface area contributed by atoms with Gasteiger partial charge < -0.3 is 14.8 Å². The largest absolute Gasteiger partial charge is 0.497 e. The Kier molecular flexibility index (Phi) is 5.88. The fourth-order valence-electron chi connectivity index (χ4n) is 2.86. The zero-order chi connectivity index (χ0) is 17.6. The number of hydrogen-bond acceptors (Lipinski definition) is 6. The van der Waals surface area contributed by atoms with Crippen molar-refractivity contribution in [3.8, 4) is 11.5 Å². The monoisotopic (exact) mass is 361 g/mol. The molecule has 1 aromatic heterocycles. The minimum Gasteiger partial charge on any atom is -0.497 e. The van der Waals surface area contributed by atoms with Crippen LogP contribution in [0.5, 0.6) is 11.5 Å². The molecular weight excluding hydrogens is 338 g/mol. The minimum atomic E-state index is -0.105. The van der Waals surface area contributed by atoms with E-state index in [0.717, 1.165) is 30.2 Å². The lowest BCUT2D eigenvalue weighted by atomic mass is 10.2. The molecule has 1 aromatic carbocycles. The van der Waals surface area contributed by atoms with E-state index in [-0.39, 0.29) is 5.91 Å². The lowest BCUT2D eigenvalue weighted by molar-refractivity contribution is 0.0954. The van der Waals surface area contributed by atoms with Crippen molar-refractivity contribution in [1.29, 1.82) is 0 Å². The van der Waals surface area contributed by atoms with E-state index in [9.17, 15) is 4.79 Å². The summed E-state index contributed by atoms with van der Waals surface area (Å²) >= 11 is 1.46. The van der Waals surface area contributed by atoms with Crippen LogP contribution in [0.3, 0.4) is 0 Å². The first-order chi connectivity index (χ1) is 12.2. The third-order valence-electron chi connectivity index (χ3n) is 4.20. The van der Waals surface area contributed by atoms with Gasteiger partial charge in [-0.2, -0.15) is 0 Å². The van der Waals surface area contributed by atoms with Crippen molar-refractivity contribution < 1.29 is 14.3 Å². The topological polar surface area (TPSA) is 63.7 Å². The van der Waals surface area contributed by atoms with Gasteiger partial charge in [0.2, 0.25) is 0 Å². The molecule has 1 aliphatic heterocycles. The molecule has 7 heteroatoms. The van der Waals surface area contributed by atoms with E-state index in [1.54, 1.807) is 26.5 Å². The van der Waals surface area contributed by atoms with Crippen LogP contribution in [0.1, 0.15) is 33.1 Å². The molecule has 2 heterocycles. The van der Waals surface area contributed by atoms with Gasteiger partial charge in [0.1, 0.15) is 21.4 Å². The van der Waals surface area contributed by atoms with Gasteiger partial charge in [-0.05, 0) is 43.6 Å². The molecule has 134 valence electrons. The maximum absolute atomic E-state index is 12.4. The number of aromatic nitrogens is 1. The van der Waals surface area contributed by atoms with Gasteiger partial charge in [0.25, 0.3) is 5.91 Å². The van der Waals surface area contributed by atoms with Crippen LogP contribution < -0.4 is 14.8 Å². The van der Waals surface area contributed by atoms with Gasteiger partial charge in [0.05, 0.1) is 27.0 Å². The number of thiazole rings is 1. The van der Waals surface area contributed by atoms with Gasteiger partial charge >= 0.3 is 0 Å². The van der Waals surface area contributed by atoms with Crippen LogP contribution in [-0.4, -0.2) is 43.1 Å². The molecule has 1 fully saturated rings. The molecule has 1 aliphatic rings. The molecule has 0 unspecified atom stereocenters. The Morgan fingerprint density at radius 1 is 1.20 bits per heavy atom. The van der Waals surface area contributed by atoms with Crippen molar-refractivity contribution in [2.24, 2.45) is 0 Å². The van der Waals surface area contributed by atoms with Crippen LogP contribution in [0.25, 0.3) is 0 Å². The third-order valence-corrected chi connectivity index (χ3v) is 5.18. The van der Waals surface area contributed by atoms with Crippen molar-refractivity contribution in [2.75, 3.05) is 27.3 Å². The predicted molar refractivity (Wildman–Crippen MR) is 97.3 cm³/mol. The molecule has 1 saturated heterocycles.